The average Bonchev–Trinajstić information content (AvgIpc) is 2.92. The van der Waals surface area contributed by atoms with Gasteiger partial charge in [0.15, 0.2) is 0 Å². The maximum atomic E-state index is 14.0. The third kappa shape index (κ3) is 8.56. The van der Waals surface area contributed by atoms with Gasteiger partial charge in [-0.1, -0.05) is 72.3 Å². The molecule has 6 nitrogen and oxygen atoms in total. The van der Waals surface area contributed by atoms with Crippen LogP contribution in [0.25, 0.3) is 11.1 Å². The standard InChI is InChI=1S/C32H38ClN3O3/c1-32(2,3)39-31(38)34-22-24-14-16-26(17-15-24)30(37)36(19-18-23-10-6-4-7-11-23)29-21-27(20-28(33)35-29)25-12-8-5-9-13-25/h4-13,20-21,24,26H,14-19,22H2,1-3H3,(H,34,38). The number of pyridine rings is 1. The molecule has 1 fully saturated rings. The van der Waals surface area contributed by atoms with E-state index in [1.165, 1.54) is 0 Å². The molecular formula is C32H38ClN3O3. The van der Waals surface area contributed by atoms with Crippen LogP contribution in [0.15, 0.2) is 72.8 Å². The smallest absolute Gasteiger partial charge is 0.407 e. The number of alkyl carbamates (subject to hydrolysis) is 1. The van der Waals surface area contributed by atoms with E-state index >= 15 is 0 Å². The minimum Gasteiger partial charge on any atom is -0.444 e. The molecule has 1 N–H and O–H groups in total. The van der Waals surface area contributed by atoms with Crippen LogP contribution in [0.2, 0.25) is 5.15 Å². The Labute approximate surface area is 236 Å². The Morgan fingerprint density at radius 1 is 0.949 bits per heavy atom. The van der Waals surface area contributed by atoms with Crippen LogP contribution in [0.5, 0.6) is 0 Å². The summed E-state index contributed by atoms with van der Waals surface area (Å²) in [4.78, 5) is 32.4. The first-order chi connectivity index (χ1) is 18.7. The van der Waals surface area contributed by atoms with Crippen LogP contribution in [0.3, 0.4) is 0 Å². The van der Waals surface area contributed by atoms with E-state index in [9.17, 15) is 9.59 Å². The fourth-order valence-electron chi connectivity index (χ4n) is 5.02. The zero-order chi connectivity index (χ0) is 27.8. The molecule has 0 unspecified atom stereocenters. The zero-order valence-corrected chi connectivity index (χ0v) is 23.8. The number of hydrogen-bond acceptors (Lipinski definition) is 4. The Morgan fingerprint density at radius 2 is 1.59 bits per heavy atom. The van der Waals surface area contributed by atoms with E-state index in [0.717, 1.165) is 48.8 Å². The summed E-state index contributed by atoms with van der Waals surface area (Å²) >= 11 is 6.48. The van der Waals surface area contributed by atoms with Crippen molar-refractivity contribution in [2.24, 2.45) is 11.8 Å². The molecule has 1 saturated carbocycles. The van der Waals surface area contributed by atoms with Gasteiger partial charge >= 0.3 is 6.09 Å². The number of hydrogen-bond donors (Lipinski definition) is 1. The molecule has 39 heavy (non-hydrogen) atoms. The second-order valence-electron chi connectivity index (χ2n) is 11.2. The molecule has 0 spiro atoms. The Balaban J connectivity index is 1.47. The third-order valence-electron chi connectivity index (χ3n) is 7.03. The number of ether oxygens (including phenoxy) is 1. The maximum Gasteiger partial charge on any atom is 0.407 e. The fourth-order valence-corrected chi connectivity index (χ4v) is 5.22. The predicted octanol–water partition coefficient (Wildman–Crippen LogP) is 7.31. The molecule has 1 aromatic heterocycles. The minimum atomic E-state index is -0.522. The molecule has 1 heterocycles. The monoisotopic (exact) mass is 547 g/mol. The molecule has 4 rings (SSSR count). The van der Waals surface area contributed by atoms with Crippen molar-refractivity contribution in [2.45, 2.75) is 58.5 Å². The number of rotatable bonds is 8. The van der Waals surface area contributed by atoms with Gasteiger partial charge in [-0.05, 0) is 87.6 Å². The normalized spacial score (nSPS) is 17.3. The van der Waals surface area contributed by atoms with Gasteiger partial charge < -0.3 is 10.1 Å². The number of aromatic nitrogens is 1. The Morgan fingerprint density at radius 3 is 2.23 bits per heavy atom. The quantitative estimate of drug-likeness (QED) is 0.300. The second kappa shape index (κ2) is 13.1. The molecule has 1 aliphatic carbocycles. The molecule has 1 aliphatic rings. The van der Waals surface area contributed by atoms with Crippen molar-refractivity contribution in [3.05, 3.63) is 83.5 Å². The fraction of sp³-hybridized carbons (Fsp3) is 0.406. The first kappa shape index (κ1) is 28.6. The van der Waals surface area contributed by atoms with E-state index in [4.69, 9.17) is 16.3 Å². The van der Waals surface area contributed by atoms with E-state index in [1.54, 1.807) is 0 Å². The number of nitrogens with zero attached hydrogens (tertiary/aromatic N) is 2. The first-order valence-corrected chi connectivity index (χ1v) is 14.1. The Bertz CT molecular complexity index is 1240. The van der Waals surface area contributed by atoms with Gasteiger partial charge in [-0.15, -0.1) is 0 Å². The predicted molar refractivity (Wildman–Crippen MR) is 157 cm³/mol. The van der Waals surface area contributed by atoms with Crippen LogP contribution in [0.1, 0.15) is 52.0 Å². The average molecular weight is 548 g/mol. The van der Waals surface area contributed by atoms with Crippen LogP contribution < -0.4 is 10.2 Å². The summed E-state index contributed by atoms with van der Waals surface area (Å²) in [5.41, 5.74) is 2.60. The van der Waals surface area contributed by atoms with Gasteiger partial charge in [0.1, 0.15) is 16.6 Å². The van der Waals surface area contributed by atoms with Crippen molar-refractivity contribution < 1.29 is 14.3 Å². The van der Waals surface area contributed by atoms with Crippen LogP contribution >= 0.6 is 11.6 Å². The molecule has 0 saturated heterocycles. The number of amides is 2. The zero-order valence-electron chi connectivity index (χ0n) is 23.0. The van der Waals surface area contributed by atoms with Crippen LogP contribution in [-0.2, 0) is 16.0 Å². The lowest BCUT2D eigenvalue weighted by molar-refractivity contribution is -0.123. The summed E-state index contributed by atoms with van der Waals surface area (Å²) in [7, 11) is 0. The molecule has 0 aliphatic heterocycles. The van der Waals surface area contributed by atoms with Gasteiger partial charge in [0, 0.05) is 19.0 Å². The number of benzene rings is 2. The van der Waals surface area contributed by atoms with Crippen molar-refractivity contribution in [3.8, 4) is 11.1 Å². The Kier molecular flexibility index (Phi) is 9.63. The van der Waals surface area contributed by atoms with Gasteiger partial charge in [0.2, 0.25) is 5.91 Å². The molecule has 7 heteroatoms. The first-order valence-electron chi connectivity index (χ1n) is 13.7. The lowest BCUT2D eigenvalue weighted by Gasteiger charge is -2.32. The molecule has 2 aromatic carbocycles. The highest BCUT2D eigenvalue weighted by molar-refractivity contribution is 6.29. The highest BCUT2D eigenvalue weighted by Gasteiger charge is 2.31. The lowest BCUT2D eigenvalue weighted by Crippen LogP contribution is -2.41. The van der Waals surface area contributed by atoms with Crippen molar-refractivity contribution >= 4 is 29.4 Å². The highest BCUT2D eigenvalue weighted by atomic mass is 35.5. The van der Waals surface area contributed by atoms with Gasteiger partial charge in [-0.25, -0.2) is 9.78 Å². The van der Waals surface area contributed by atoms with Crippen molar-refractivity contribution in [1.29, 1.82) is 0 Å². The van der Waals surface area contributed by atoms with Crippen molar-refractivity contribution in [2.75, 3.05) is 18.0 Å². The van der Waals surface area contributed by atoms with E-state index in [2.05, 4.69) is 22.4 Å². The number of nitrogens with one attached hydrogen (secondary N) is 1. The molecule has 0 bridgehead atoms. The number of carbonyl (C=O) groups is 2. The van der Waals surface area contributed by atoms with Crippen LogP contribution in [0, 0.1) is 11.8 Å². The van der Waals surface area contributed by atoms with Gasteiger partial charge in [-0.3, -0.25) is 9.69 Å². The summed E-state index contributed by atoms with van der Waals surface area (Å²) in [5, 5.41) is 3.25. The summed E-state index contributed by atoms with van der Waals surface area (Å²) in [6.07, 6.45) is 3.61. The van der Waals surface area contributed by atoms with Gasteiger partial charge in [-0.2, -0.15) is 0 Å². The van der Waals surface area contributed by atoms with Gasteiger partial charge in [0.25, 0.3) is 0 Å². The Hall–Kier alpha value is -3.38. The second-order valence-corrected chi connectivity index (χ2v) is 11.6. The van der Waals surface area contributed by atoms with Crippen molar-refractivity contribution in [3.63, 3.8) is 0 Å². The molecule has 2 amide bonds. The van der Waals surface area contributed by atoms with E-state index in [-0.39, 0.29) is 11.8 Å². The van der Waals surface area contributed by atoms with E-state index in [0.29, 0.717) is 30.0 Å². The largest absolute Gasteiger partial charge is 0.444 e. The number of halogens is 1. The molecule has 0 radical (unpaired) electrons. The molecule has 206 valence electrons. The van der Waals surface area contributed by atoms with E-state index in [1.807, 2.05) is 86.3 Å². The SMILES string of the molecule is CC(C)(C)OC(=O)NCC1CCC(C(=O)N(CCc2ccccc2)c2cc(-c3ccccc3)cc(Cl)n2)CC1. The topological polar surface area (TPSA) is 71.5 Å². The molecule has 3 aromatic rings. The van der Waals surface area contributed by atoms with Crippen molar-refractivity contribution in [1.82, 2.24) is 10.3 Å². The summed E-state index contributed by atoms with van der Waals surface area (Å²) in [5.74, 6) is 0.891. The molecular weight excluding hydrogens is 510 g/mol. The summed E-state index contributed by atoms with van der Waals surface area (Å²) in [6.45, 7) is 6.63. The van der Waals surface area contributed by atoms with Crippen LogP contribution in [0.4, 0.5) is 10.6 Å². The molecule has 0 atom stereocenters. The maximum absolute atomic E-state index is 14.0. The van der Waals surface area contributed by atoms with Crippen LogP contribution in [-0.4, -0.2) is 35.7 Å². The summed E-state index contributed by atoms with van der Waals surface area (Å²) < 4.78 is 5.35. The number of carbonyl (C=O) groups excluding carboxylic acids is 2. The number of anilines is 1. The highest BCUT2D eigenvalue weighted by Crippen LogP contribution is 2.33. The minimum absolute atomic E-state index is 0.0817. The third-order valence-corrected chi connectivity index (χ3v) is 7.22. The lowest BCUT2D eigenvalue weighted by atomic mass is 9.81. The van der Waals surface area contributed by atoms with E-state index < -0.39 is 11.7 Å². The van der Waals surface area contributed by atoms with Gasteiger partial charge in [0.05, 0.1) is 0 Å². The summed E-state index contributed by atoms with van der Waals surface area (Å²) in [6, 6.07) is 24.0.